The Balaban J connectivity index is 1.60. The molecule has 10 heteroatoms. The fourth-order valence-electron chi connectivity index (χ4n) is 3.38. The molecule has 2 N–H and O–H groups in total. The number of hydrogen-bond donors (Lipinski definition) is 2. The lowest BCUT2D eigenvalue weighted by molar-refractivity contribution is -0.162. The van der Waals surface area contributed by atoms with Gasteiger partial charge in [0.05, 0.1) is 13.2 Å². The molecular formula is C17H24N4O6. The predicted octanol–water partition coefficient (Wildman–Crippen LogP) is -1.94. The molecule has 1 aromatic rings. The predicted molar refractivity (Wildman–Crippen MR) is 94.2 cm³/mol. The molecule has 2 aliphatic heterocycles. The zero-order valence-electron chi connectivity index (χ0n) is 15.3. The fraction of sp³-hybridized carbons (Fsp3) is 0.647. The number of rotatable bonds is 3. The van der Waals surface area contributed by atoms with E-state index in [1.165, 1.54) is 11.1 Å². The van der Waals surface area contributed by atoms with E-state index in [4.69, 9.17) is 4.74 Å². The van der Waals surface area contributed by atoms with Gasteiger partial charge in [-0.05, 0) is 6.92 Å². The third kappa shape index (κ3) is 4.11. The second kappa shape index (κ2) is 7.65. The zero-order chi connectivity index (χ0) is 19.6. The summed E-state index contributed by atoms with van der Waals surface area (Å²) in [5, 5.41) is 10.7. The van der Waals surface area contributed by atoms with Crippen molar-refractivity contribution in [3.8, 4) is 0 Å². The average molecular weight is 380 g/mol. The number of hydrogen-bond acceptors (Lipinski definition) is 6. The van der Waals surface area contributed by atoms with Crippen LogP contribution in [0, 0.1) is 6.92 Å². The van der Waals surface area contributed by atoms with Gasteiger partial charge in [-0.3, -0.25) is 23.9 Å². The van der Waals surface area contributed by atoms with Gasteiger partial charge in [0, 0.05) is 50.8 Å². The lowest BCUT2D eigenvalue weighted by Crippen LogP contribution is -2.57. The molecule has 0 saturated carbocycles. The average Bonchev–Trinajstić information content (AvgIpc) is 2.66. The van der Waals surface area contributed by atoms with Crippen molar-refractivity contribution in [3.63, 3.8) is 0 Å². The number of carbonyl (C=O) groups excluding carboxylic acids is 2. The van der Waals surface area contributed by atoms with Crippen LogP contribution in [0.1, 0.15) is 18.4 Å². The van der Waals surface area contributed by atoms with E-state index in [-0.39, 0.29) is 44.3 Å². The minimum Gasteiger partial charge on any atom is -0.380 e. The Labute approximate surface area is 155 Å². The SMILES string of the molecule is Cc1cn(CC(=O)N2CCC(O)(C(=O)N3CCOCC3)CC2)c(=O)[nH]c1=O. The number of aliphatic hydroxyl groups is 1. The number of amides is 2. The van der Waals surface area contributed by atoms with Gasteiger partial charge < -0.3 is 19.6 Å². The standard InChI is InChI=1S/C17H24N4O6/c1-12-10-21(16(25)18-14(12)23)11-13(22)19-4-2-17(26,3-5-19)15(24)20-6-8-27-9-7-20/h10,26H,2-9,11H2,1H3,(H,18,23,25). The molecule has 0 atom stereocenters. The Kier molecular flexibility index (Phi) is 5.47. The minimum atomic E-state index is -1.47. The first-order valence-corrected chi connectivity index (χ1v) is 8.98. The lowest BCUT2D eigenvalue weighted by atomic mass is 9.89. The van der Waals surface area contributed by atoms with E-state index < -0.39 is 16.9 Å². The van der Waals surface area contributed by atoms with Crippen molar-refractivity contribution in [3.05, 3.63) is 32.6 Å². The molecule has 0 unspecified atom stereocenters. The first-order chi connectivity index (χ1) is 12.8. The van der Waals surface area contributed by atoms with Crippen molar-refractivity contribution in [2.24, 2.45) is 0 Å². The maximum atomic E-state index is 12.6. The summed E-state index contributed by atoms with van der Waals surface area (Å²) >= 11 is 0. The highest BCUT2D eigenvalue weighted by atomic mass is 16.5. The van der Waals surface area contributed by atoms with Gasteiger partial charge in [0.15, 0.2) is 0 Å². The monoisotopic (exact) mass is 380 g/mol. The highest BCUT2D eigenvalue weighted by molar-refractivity contribution is 5.85. The maximum absolute atomic E-state index is 12.6. The maximum Gasteiger partial charge on any atom is 0.328 e. The summed E-state index contributed by atoms with van der Waals surface area (Å²) in [6.45, 7) is 3.63. The Morgan fingerprint density at radius 3 is 2.41 bits per heavy atom. The highest BCUT2D eigenvalue weighted by Gasteiger charge is 2.43. The van der Waals surface area contributed by atoms with Crippen LogP contribution >= 0.6 is 0 Å². The molecule has 2 aliphatic rings. The second-order valence-electron chi connectivity index (χ2n) is 7.02. The van der Waals surface area contributed by atoms with Crippen LogP contribution in [0.15, 0.2) is 15.8 Å². The minimum absolute atomic E-state index is 0.147. The molecule has 1 aromatic heterocycles. The number of ether oxygens (including phenoxy) is 1. The highest BCUT2D eigenvalue weighted by Crippen LogP contribution is 2.25. The summed E-state index contributed by atoms with van der Waals surface area (Å²) in [4.78, 5) is 53.6. The molecule has 3 heterocycles. The Bertz CT molecular complexity index is 831. The first kappa shape index (κ1) is 19.3. The van der Waals surface area contributed by atoms with E-state index in [2.05, 4.69) is 4.98 Å². The van der Waals surface area contributed by atoms with Crippen LogP contribution in [-0.4, -0.2) is 81.3 Å². The van der Waals surface area contributed by atoms with Gasteiger partial charge in [-0.2, -0.15) is 0 Å². The van der Waals surface area contributed by atoms with Crippen molar-refractivity contribution >= 4 is 11.8 Å². The van der Waals surface area contributed by atoms with Gasteiger partial charge >= 0.3 is 5.69 Å². The molecule has 0 spiro atoms. The van der Waals surface area contributed by atoms with Crippen LogP contribution in [0.2, 0.25) is 0 Å². The van der Waals surface area contributed by atoms with Crippen molar-refractivity contribution in [1.29, 1.82) is 0 Å². The molecule has 0 bridgehead atoms. The molecule has 0 radical (unpaired) electrons. The molecule has 0 aliphatic carbocycles. The van der Waals surface area contributed by atoms with E-state index in [1.807, 2.05) is 0 Å². The number of carbonyl (C=O) groups is 2. The van der Waals surface area contributed by atoms with Gasteiger partial charge in [-0.1, -0.05) is 0 Å². The second-order valence-corrected chi connectivity index (χ2v) is 7.02. The summed E-state index contributed by atoms with van der Waals surface area (Å²) in [6.07, 6.45) is 1.64. The number of nitrogens with one attached hydrogen (secondary N) is 1. The van der Waals surface area contributed by atoms with Crippen molar-refractivity contribution < 1.29 is 19.4 Å². The van der Waals surface area contributed by atoms with Crippen LogP contribution < -0.4 is 11.2 Å². The number of piperidine rings is 1. The molecule has 27 heavy (non-hydrogen) atoms. The van der Waals surface area contributed by atoms with E-state index in [0.29, 0.717) is 31.9 Å². The van der Waals surface area contributed by atoms with E-state index in [0.717, 1.165) is 4.57 Å². The van der Waals surface area contributed by atoms with Gasteiger partial charge in [-0.15, -0.1) is 0 Å². The molecule has 2 fully saturated rings. The molecule has 2 saturated heterocycles. The summed E-state index contributed by atoms with van der Waals surface area (Å²) < 4.78 is 6.37. The zero-order valence-corrected chi connectivity index (χ0v) is 15.3. The van der Waals surface area contributed by atoms with Crippen LogP contribution in [0.5, 0.6) is 0 Å². The summed E-state index contributed by atoms with van der Waals surface area (Å²) in [5.41, 5.74) is -2.26. The third-order valence-electron chi connectivity index (χ3n) is 5.13. The van der Waals surface area contributed by atoms with E-state index in [1.54, 1.807) is 11.8 Å². The van der Waals surface area contributed by atoms with E-state index >= 15 is 0 Å². The van der Waals surface area contributed by atoms with Crippen molar-refractivity contribution in [2.45, 2.75) is 31.9 Å². The number of morpholine rings is 1. The molecular weight excluding hydrogens is 356 g/mol. The van der Waals surface area contributed by atoms with Crippen LogP contribution in [0.4, 0.5) is 0 Å². The number of likely N-dealkylation sites (tertiary alicyclic amines) is 1. The van der Waals surface area contributed by atoms with Gasteiger partial charge in [-0.25, -0.2) is 4.79 Å². The van der Waals surface area contributed by atoms with Gasteiger partial charge in [0.1, 0.15) is 12.1 Å². The largest absolute Gasteiger partial charge is 0.380 e. The van der Waals surface area contributed by atoms with E-state index in [9.17, 15) is 24.3 Å². The van der Waals surface area contributed by atoms with Crippen LogP contribution in [-0.2, 0) is 20.9 Å². The van der Waals surface area contributed by atoms with Gasteiger partial charge in [0.2, 0.25) is 5.91 Å². The van der Waals surface area contributed by atoms with Crippen molar-refractivity contribution in [1.82, 2.24) is 19.4 Å². The molecule has 2 amide bonds. The van der Waals surface area contributed by atoms with Crippen molar-refractivity contribution in [2.75, 3.05) is 39.4 Å². The summed E-state index contributed by atoms with van der Waals surface area (Å²) in [5.74, 6) is -0.616. The molecule has 10 nitrogen and oxygen atoms in total. The molecule has 0 aromatic carbocycles. The number of aromatic nitrogens is 2. The molecule has 148 valence electrons. The van der Waals surface area contributed by atoms with Crippen LogP contribution in [0.3, 0.4) is 0 Å². The Morgan fingerprint density at radius 2 is 1.78 bits per heavy atom. The van der Waals surface area contributed by atoms with Gasteiger partial charge in [0.25, 0.3) is 11.5 Å². The Hall–Kier alpha value is -2.46. The topological polar surface area (TPSA) is 125 Å². The fourth-order valence-corrected chi connectivity index (χ4v) is 3.38. The lowest BCUT2D eigenvalue weighted by Gasteiger charge is -2.40. The quantitative estimate of drug-likeness (QED) is 0.628. The number of H-pyrrole nitrogens is 1. The number of aromatic amines is 1. The summed E-state index contributed by atoms with van der Waals surface area (Å²) in [7, 11) is 0. The number of aryl methyl sites for hydroxylation is 1. The third-order valence-corrected chi connectivity index (χ3v) is 5.13. The number of nitrogens with zero attached hydrogens (tertiary/aromatic N) is 3. The van der Waals surface area contributed by atoms with Crippen LogP contribution in [0.25, 0.3) is 0 Å². The summed E-state index contributed by atoms with van der Waals surface area (Å²) in [6, 6.07) is 0. The Morgan fingerprint density at radius 1 is 1.15 bits per heavy atom. The molecule has 3 rings (SSSR count). The smallest absolute Gasteiger partial charge is 0.328 e. The normalized spacial score (nSPS) is 19.8. The first-order valence-electron chi connectivity index (χ1n) is 8.98.